The molecule has 0 unspecified atom stereocenters. The molecule has 0 saturated carbocycles. The fourth-order valence-electron chi connectivity index (χ4n) is 1.55. The summed E-state index contributed by atoms with van der Waals surface area (Å²) in [5.74, 6) is -0.00341. The topological polar surface area (TPSA) is 64.8 Å². The highest BCUT2D eigenvalue weighted by atomic mass is 16.5. The van der Waals surface area contributed by atoms with E-state index >= 15 is 0 Å². The number of nitrogens with zero attached hydrogens (tertiary/aromatic N) is 1. The molecule has 0 aliphatic heterocycles. The van der Waals surface area contributed by atoms with Crippen LogP contribution in [-0.2, 0) is 4.74 Å². The first-order chi connectivity index (χ1) is 8.56. The molecule has 0 bridgehead atoms. The first-order valence-corrected chi connectivity index (χ1v) is 5.80. The molecule has 100 valence electrons. The monoisotopic (exact) mass is 252 g/mol. The zero-order chi connectivity index (χ0) is 13.5. The number of benzene rings is 1. The summed E-state index contributed by atoms with van der Waals surface area (Å²) < 4.78 is 10.3. The fourth-order valence-corrected chi connectivity index (χ4v) is 1.55. The lowest BCUT2D eigenvalue weighted by Crippen LogP contribution is -2.17. The van der Waals surface area contributed by atoms with Crippen LogP contribution in [0.3, 0.4) is 0 Å². The van der Waals surface area contributed by atoms with Gasteiger partial charge in [-0.25, -0.2) is 4.79 Å². The van der Waals surface area contributed by atoms with E-state index in [9.17, 15) is 4.79 Å². The predicted molar refractivity (Wildman–Crippen MR) is 70.9 cm³/mol. The summed E-state index contributed by atoms with van der Waals surface area (Å²) in [4.78, 5) is 13.9. The van der Waals surface area contributed by atoms with Gasteiger partial charge in [0.15, 0.2) is 0 Å². The highest BCUT2D eigenvalue weighted by Gasteiger charge is 2.16. The molecule has 0 aliphatic rings. The van der Waals surface area contributed by atoms with Crippen molar-refractivity contribution in [3.05, 3.63) is 23.8 Å². The largest absolute Gasteiger partial charge is 0.496 e. The Labute approximate surface area is 107 Å². The van der Waals surface area contributed by atoms with Crippen LogP contribution in [0.2, 0.25) is 0 Å². The second-order valence-electron chi connectivity index (χ2n) is 4.22. The minimum absolute atomic E-state index is 0.296. The molecule has 0 amide bonds. The van der Waals surface area contributed by atoms with E-state index in [0.29, 0.717) is 23.6 Å². The Balaban J connectivity index is 2.61. The molecule has 0 aliphatic carbocycles. The van der Waals surface area contributed by atoms with Gasteiger partial charge in [-0.05, 0) is 32.6 Å². The molecule has 5 heteroatoms. The average Bonchev–Trinajstić information content (AvgIpc) is 2.33. The van der Waals surface area contributed by atoms with E-state index in [2.05, 4.69) is 0 Å². The van der Waals surface area contributed by atoms with Crippen LogP contribution >= 0.6 is 0 Å². The van der Waals surface area contributed by atoms with E-state index in [1.807, 2.05) is 19.0 Å². The average molecular weight is 252 g/mol. The Hall–Kier alpha value is -1.75. The highest BCUT2D eigenvalue weighted by Crippen LogP contribution is 2.24. The van der Waals surface area contributed by atoms with Gasteiger partial charge in [-0.15, -0.1) is 0 Å². The van der Waals surface area contributed by atoms with Crippen LogP contribution in [-0.4, -0.2) is 45.2 Å². The SMILES string of the molecule is COc1cccc(N)c1C(=O)OCCCN(C)C. The number of nitrogen functional groups attached to an aromatic ring is 1. The van der Waals surface area contributed by atoms with Crippen molar-refractivity contribution >= 4 is 11.7 Å². The standard InChI is InChI=1S/C13H20N2O3/c1-15(2)8-5-9-18-13(16)12-10(14)6-4-7-11(12)17-3/h4,6-7H,5,8-9,14H2,1-3H3. The lowest BCUT2D eigenvalue weighted by molar-refractivity contribution is 0.0491. The van der Waals surface area contributed by atoms with Crippen molar-refractivity contribution in [2.75, 3.05) is 40.1 Å². The van der Waals surface area contributed by atoms with Crippen molar-refractivity contribution in [1.82, 2.24) is 4.90 Å². The van der Waals surface area contributed by atoms with Crippen molar-refractivity contribution in [2.45, 2.75) is 6.42 Å². The number of anilines is 1. The summed E-state index contributed by atoms with van der Waals surface area (Å²) >= 11 is 0. The van der Waals surface area contributed by atoms with E-state index in [1.54, 1.807) is 18.2 Å². The van der Waals surface area contributed by atoms with Gasteiger partial charge in [0, 0.05) is 12.2 Å². The molecule has 0 atom stereocenters. The molecule has 1 aromatic rings. The first kappa shape index (κ1) is 14.3. The second kappa shape index (κ2) is 6.86. The van der Waals surface area contributed by atoms with Crippen LogP contribution in [0, 0.1) is 0 Å². The quantitative estimate of drug-likeness (QED) is 0.471. The Bertz CT molecular complexity index is 405. The van der Waals surface area contributed by atoms with E-state index in [1.165, 1.54) is 7.11 Å². The molecular weight excluding hydrogens is 232 g/mol. The number of ether oxygens (including phenoxy) is 2. The highest BCUT2D eigenvalue weighted by molar-refractivity contribution is 5.98. The Morgan fingerprint density at radius 2 is 2.11 bits per heavy atom. The van der Waals surface area contributed by atoms with E-state index in [-0.39, 0.29) is 0 Å². The van der Waals surface area contributed by atoms with Crippen LogP contribution in [0.5, 0.6) is 5.75 Å². The molecule has 2 N–H and O–H groups in total. The molecular formula is C13H20N2O3. The van der Waals surface area contributed by atoms with Crippen molar-refractivity contribution in [3.8, 4) is 5.75 Å². The second-order valence-corrected chi connectivity index (χ2v) is 4.22. The number of nitrogens with two attached hydrogens (primary N) is 1. The van der Waals surface area contributed by atoms with Gasteiger partial charge in [0.1, 0.15) is 11.3 Å². The first-order valence-electron chi connectivity index (χ1n) is 5.80. The number of esters is 1. The summed E-state index contributed by atoms with van der Waals surface area (Å²) in [5, 5.41) is 0. The van der Waals surface area contributed by atoms with Gasteiger partial charge in [0.05, 0.1) is 13.7 Å². The number of hydrogen-bond donors (Lipinski definition) is 1. The summed E-state index contributed by atoms with van der Waals surface area (Å²) in [7, 11) is 5.44. The van der Waals surface area contributed by atoms with Crippen LogP contribution in [0.15, 0.2) is 18.2 Å². The Kier molecular flexibility index (Phi) is 5.45. The summed E-state index contributed by atoms with van der Waals surface area (Å²) in [6.45, 7) is 1.24. The van der Waals surface area contributed by atoms with Gasteiger partial charge < -0.3 is 20.1 Å². The molecule has 18 heavy (non-hydrogen) atoms. The molecule has 1 rings (SSSR count). The van der Waals surface area contributed by atoms with Crippen LogP contribution < -0.4 is 10.5 Å². The number of carbonyl (C=O) groups excluding carboxylic acids is 1. The number of methoxy groups -OCH3 is 1. The summed E-state index contributed by atoms with van der Waals surface area (Å²) in [5.41, 5.74) is 6.42. The van der Waals surface area contributed by atoms with Crippen LogP contribution in [0.4, 0.5) is 5.69 Å². The zero-order valence-electron chi connectivity index (χ0n) is 11.1. The Morgan fingerprint density at radius 1 is 1.39 bits per heavy atom. The summed E-state index contributed by atoms with van der Waals surface area (Å²) in [6.07, 6.45) is 0.786. The molecule has 0 spiro atoms. The maximum absolute atomic E-state index is 11.9. The van der Waals surface area contributed by atoms with Crippen molar-refractivity contribution in [2.24, 2.45) is 0 Å². The van der Waals surface area contributed by atoms with Gasteiger partial charge in [0.25, 0.3) is 0 Å². The summed E-state index contributed by atoms with van der Waals surface area (Å²) in [6, 6.07) is 5.07. The normalized spacial score (nSPS) is 10.4. The van der Waals surface area contributed by atoms with Gasteiger partial charge in [0.2, 0.25) is 0 Å². The van der Waals surface area contributed by atoms with E-state index in [4.69, 9.17) is 15.2 Å². The molecule has 5 nitrogen and oxygen atoms in total. The lowest BCUT2D eigenvalue weighted by atomic mass is 10.1. The minimum atomic E-state index is -0.441. The van der Waals surface area contributed by atoms with Crippen molar-refractivity contribution < 1.29 is 14.3 Å². The molecule has 0 heterocycles. The third kappa shape index (κ3) is 3.92. The maximum Gasteiger partial charge on any atom is 0.344 e. The van der Waals surface area contributed by atoms with Crippen molar-refractivity contribution in [3.63, 3.8) is 0 Å². The van der Waals surface area contributed by atoms with Crippen LogP contribution in [0.25, 0.3) is 0 Å². The minimum Gasteiger partial charge on any atom is -0.496 e. The Morgan fingerprint density at radius 3 is 2.72 bits per heavy atom. The third-order valence-electron chi connectivity index (χ3n) is 2.47. The number of hydrogen-bond acceptors (Lipinski definition) is 5. The smallest absolute Gasteiger partial charge is 0.344 e. The number of carbonyl (C=O) groups is 1. The van der Waals surface area contributed by atoms with Gasteiger partial charge in [-0.3, -0.25) is 0 Å². The maximum atomic E-state index is 11.9. The zero-order valence-corrected chi connectivity index (χ0v) is 11.1. The predicted octanol–water partition coefficient (Wildman–Crippen LogP) is 1.39. The van der Waals surface area contributed by atoms with Crippen LogP contribution in [0.1, 0.15) is 16.8 Å². The van der Waals surface area contributed by atoms with Gasteiger partial charge in [-0.1, -0.05) is 6.07 Å². The molecule has 0 fully saturated rings. The molecule has 0 aromatic heterocycles. The van der Waals surface area contributed by atoms with Gasteiger partial charge in [-0.2, -0.15) is 0 Å². The molecule has 1 aromatic carbocycles. The van der Waals surface area contributed by atoms with Crippen molar-refractivity contribution in [1.29, 1.82) is 0 Å². The fraction of sp³-hybridized carbons (Fsp3) is 0.462. The number of rotatable bonds is 6. The lowest BCUT2D eigenvalue weighted by Gasteiger charge is -2.12. The van der Waals surface area contributed by atoms with E-state index < -0.39 is 5.97 Å². The third-order valence-corrected chi connectivity index (χ3v) is 2.47. The van der Waals surface area contributed by atoms with E-state index in [0.717, 1.165) is 13.0 Å². The van der Waals surface area contributed by atoms with Gasteiger partial charge >= 0.3 is 5.97 Å². The molecule has 0 saturated heterocycles. The molecule has 0 radical (unpaired) electrons.